The Labute approximate surface area is 164 Å². The van der Waals surface area contributed by atoms with Crippen molar-refractivity contribution in [3.05, 3.63) is 58.3 Å². The van der Waals surface area contributed by atoms with Crippen LogP contribution >= 0.6 is 11.6 Å². The highest BCUT2D eigenvalue weighted by Gasteiger charge is 2.26. The predicted molar refractivity (Wildman–Crippen MR) is 107 cm³/mol. The van der Waals surface area contributed by atoms with E-state index >= 15 is 0 Å². The van der Waals surface area contributed by atoms with Crippen molar-refractivity contribution in [2.75, 3.05) is 5.32 Å². The number of aromatic nitrogens is 3. The first kappa shape index (κ1) is 18.1. The number of aliphatic hydroxyl groups excluding tert-OH is 1. The van der Waals surface area contributed by atoms with E-state index in [1.807, 2.05) is 19.1 Å². The van der Waals surface area contributed by atoms with Gasteiger partial charge in [-0.2, -0.15) is 0 Å². The largest absolute Gasteiger partial charge is 0.381 e. The van der Waals surface area contributed by atoms with Crippen LogP contribution in [0.1, 0.15) is 49.4 Å². The van der Waals surface area contributed by atoms with Crippen LogP contribution in [0.2, 0.25) is 0 Å². The molecule has 2 heterocycles. The number of fused-ring (bicyclic) bond motifs is 3. The summed E-state index contributed by atoms with van der Waals surface area (Å²) in [5, 5.41) is 26.0. The topological polar surface area (TPSA) is 75.0 Å². The monoisotopic (exact) mass is 385 g/mol. The van der Waals surface area contributed by atoms with Crippen LogP contribution in [0.15, 0.2) is 41.1 Å². The van der Waals surface area contributed by atoms with Gasteiger partial charge in [-0.05, 0) is 63.5 Å². The van der Waals surface area contributed by atoms with Crippen molar-refractivity contribution < 1.29 is 5.11 Å². The second-order valence-electron chi connectivity index (χ2n) is 7.13. The summed E-state index contributed by atoms with van der Waals surface area (Å²) in [5.41, 5.74) is 4.34. The smallest absolute Gasteiger partial charge is 0.137 e. The van der Waals surface area contributed by atoms with Crippen molar-refractivity contribution in [2.45, 2.75) is 51.8 Å². The Morgan fingerprint density at radius 2 is 2.07 bits per heavy atom. The van der Waals surface area contributed by atoms with Crippen LogP contribution in [0.4, 0.5) is 5.69 Å². The van der Waals surface area contributed by atoms with Crippen LogP contribution in [0.25, 0.3) is 5.69 Å². The highest BCUT2D eigenvalue weighted by Crippen LogP contribution is 2.34. The highest BCUT2D eigenvalue weighted by molar-refractivity contribution is 6.29. The van der Waals surface area contributed by atoms with Crippen molar-refractivity contribution in [1.82, 2.24) is 20.1 Å². The number of anilines is 1. The number of benzene rings is 1. The highest BCUT2D eigenvalue weighted by atomic mass is 35.5. The van der Waals surface area contributed by atoms with Crippen LogP contribution in [-0.2, 0) is 6.42 Å². The van der Waals surface area contributed by atoms with Crippen LogP contribution < -0.4 is 10.6 Å². The first-order chi connectivity index (χ1) is 13.0. The van der Waals surface area contributed by atoms with Gasteiger partial charge in [0.15, 0.2) is 0 Å². The summed E-state index contributed by atoms with van der Waals surface area (Å²) >= 11 is 6.10. The number of hydrogen-bond donors (Lipinski definition) is 3. The number of aryl methyl sites for hydroxylation is 2. The van der Waals surface area contributed by atoms with E-state index in [0.717, 1.165) is 53.7 Å². The lowest BCUT2D eigenvalue weighted by atomic mass is 9.99. The summed E-state index contributed by atoms with van der Waals surface area (Å²) < 4.78 is 2.13. The molecule has 1 aromatic carbocycles. The normalized spacial score (nSPS) is 19.9. The van der Waals surface area contributed by atoms with Gasteiger partial charge in [-0.25, -0.2) is 0 Å². The van der Waals surface area contributed by atoms with Gasteiger partial charge in [0.25, 0.3) is 0 Å². The zero-order valence-electron chi connectivity index (χ0n) is 15.5. The van der Waals surface area contributed by atoms with Gasteiger partial charge in [-0.1, -0.05) is 11.6 Å². The molecule has 1 aromatic heterocycles. The molecule has 27 heavy (non-hydrogen) atoms. The summed E-state index contributed by atoms with van der Waals surface area (Å²) in [6.45, 7) is 3.69. The minimum atomic E-state index is -0.610. The molecule has 0 radical (unpaired) electrons. The SMILES string of the molecule is Cc1nnc2n1-c1ccc(NC(C)O)cc1C(NC1=CC=C(Cl)CC1)CC2. The van der Waals surface area contributed by atoms with Crippen molar-refractivity contribution in [3.8, 4) is 5.69 Å². The lowest BCUT2D eigenvalue weighted by molar-refractivity contribution is 0.224. The number of nitrogens with zero attached hydrogens (tertiary/aromatic N) is 3. The van der Waals surface area contributed by atoms with E-state index in [2.05, 4.69) is 43.6 Å². The lowest BCUT2D eigenvalue weighted by Crippen LogP contribution is -2.23. The van der Waals surface area contributed by atoms with Gasteiger partial charge in [-0.15, -0.1) is 10.2 Å². The molecule has 6 nitrogen and oxygen atoms in total. The molecule has 0 bridgehead atoms. The summed E-state index contributed by atoms with van der Waals surface area (Å²) in [6.07, 6.45) is 6.97. The zero-order valence-corrected chi connectivity index (χ0v) is 16.3. The maximum atomic E-state index is 9.71. The molecule has 2 unspecified atom stereocenters. The Balaban J connectivity index is 1.75. The van der Waals surface area contributed by atoms with Gasteiger partial charge >= 0.3 is 0 Å². The Bertz CT molecular complexity index is 915. The third kappa shape index (κ3) is 3.73. The predicted octanol–water partition coefficient (Wildman–Crippen LogP) is 3.70. The molecule has 142 valence electrons. The number of halogens is 1. The number of nitrogens with one attached hydrogen (secondary N) is 2. The molecular formula is C20H24ClN5O. The number of allylic oxidation sites excluding steroid dienone is 4. The molecule has 2 aliphatic rings. The molecule has 0 saturated heterocycles. The van der Waals surface area contributed by atoms with E-state index in [4.69, 9.17) is 11.6 Å². The van der Waals surface area contributed by atoms with E-state index in [1.54, 1.807) is 6.92 Å². The van der Waals surface area contributed by atoms with Crippen LogP contribution in [-0.4, -0.2) is 26.1 Å². The van der Waals surface area contributed by atoms with E-state index in [1.165, 1.54) is 11.3 Å². The zero-order chi connectivity index (χ0) is 19.0. The molecule has 0 spiro atoms. The lowest BCUT2D eigenvalue weighted by Gasteiger charge is -2.24. The Kier molecular flexibility index (Phi) is 4.93. The average Bonchev–Trinajstić information content (AvgIpc) is 2.92. The van der Waals surface area contributed by atoms with Gasteiger partial charge in [-0.3, -0.25) is 4.57 Å². The molecule has 1 aliphatic carbocycles. The minimum Gasteiger partial charge on any atom is -0.381 e. The second kappa shape index (κ2) is 7.37. The van der Waals surface area contributed by atoms with Gasteiger partial charge in [0, 0.05) is 28.4 Å². The third-order valence-corrected chi connectivity index (χ3v) is 5.34. The molecule has 2 atom stereocenters. The van der Waals surface area contributed by atoms with Crippen molar-refractivity contribution in [3.63, 3.8) is 0 Å². The summed E-state index contributed by atoms with van der Waals surface area (Å²) in [7, 11) is 0. The second-order valence-corrected chi connectivity index (χ2v) is 7.62. The standard InChI is InChI=1S/C20H24ClN5O/c1-12-24-25-20-10-8-18(23-15-5-3-14(21)4-6-15)17-11-16(22-13(2)27)7-9-19(17)26(12)20/h3,5,7,9,11,13,18,22-23,27H,4,6,8,10H2,1-2H3. The average molecular weight is 386 g/mol. The molecule has 3 N–H and O–H groups in total. The molecule has 0 saturated carbocycles. The van der Waals surface area contributed by atoms with E-state index in [-0.39, 0.29) is 6.04 Å². The summed E-state index contributed by atoms with van der Waals surface area (Å²) in [6, 6.07) is 6.32. The summed E-state index contributed by atoms with van der Waals surface area (Å²) in [4.78, 5) is 0. The molecule has 4 rings (SSSR count). The van der Waals surface area contributed by atoms with Crippen molar-refractivity contribution >= 4 is 17.3 Å². The van der Waals surface area contributed by atoms with E-state index in [9.17, 15) is 5.11 Å². The quantitative estimate of drug-likeness (QED) is 0.699. The molecular weight excluding hydrogens is 362 g/mol. The maximum absolute atomic E-state index is 9.71. The molecule has 0 amide bonds. The summed E-state index contributed by atoms with van der Waals surface area (Å²) in [5.74, 6) is 1.87. The van der Waals surface area contributed by atoms with Crippen molar-refractivity contribution in [1.29, 1.82) is 0 Å². The van der Waals surface area contributed by atoms with Crippen LogP contribution in [0.5, 0.6) is 0 Å². The van der Waals surface area contributed by atoms with Crippen LogP contribution in [0, 0.1) is 6.92 Å². The first-order valence-corrected chi connectivity index (χ1v) is 9.70. The molecule has 7 heteroatoms. The Morgan fingerprint density at radius 3 is 2.81 bits per heavy atom. The fraction of sp³-hybridized carbons (Fsp3) is 0.400. The van der Waals surface area contributed by atoms with Gasteiger partial charge in [0.05, 0.1) is 11.7 Å². The number of hydrogen-bond acceptors (Lipinski definition) is 5. The van der Waals surface area contributed by atoms with Gasteiger partial charge in [0.1, 0.15) is 17.9 Å². The fourth-order valence-corrected chi connectivity index (χ4v) is 3.94. The minimum absolute atomic E-state index is 0.147. The Morgan fingerprint density at radius 1 is 1.22 bits per heavy atom. The van der Waals surface area contributed by atoms with Crippen LogP contribution in [0.3, 0.4) is 0 Å². The first-order valence-electron chi connectivity index (χ1n) is 9.33. The molecule has 1 aliphatic heterocycles. The fourth-order valence-electron chi connectivity index (χ4n) is 3.78. The van der Waals surface area contributed by atoms with Gasteiger partial charge < -0.3 is 15.7 Å². The van der Waals surface area contributed by atoms with Crippen molar-refractivity contribution in [2.24, 2.45) is 0 Å². The molecule has 0 fully saturated rings. The Hall–Kier alpha value is -2.31. The van der Waals surface area contributed by atoms with Gasteiger partial charge in [0.2, 0.25) is 0 Å². The molecule has 2 aromatic rings. The third-order valence-electron chi connectivity index (χ3n) is 5.03. The van der Waals surface area contributed by atoms with E-state index < -0.39 is 6.23 Å². The number of rotatable bonds is 4. The maximum Gasteiger partial charge on any atom is 0.137 e. The van der Waals surface area contributed by atoms with E-state index in [0.29, 0.717) is 0 Å². The number of aliphatic hydroxyl groups is 1.